The number of benzene rings is 9. The first-order valence-electron chi connectivity index (χ1n) is 19.3. The first kappa shape index (κ1) is 31.6. The van der Waals surface area contributed by atoms with Crippen LogP contribution in [0.3, 0.4) is 0 Å². The second-order valence-electron chi connectivity index (χ2n) is 14.8. The summed E-state index contributed by atoms with van der Waals surface area (Å²) in [5.74, 6) is 0.626. The monoisotopic (exact) mass is 699 g/mol. The van der Waals surface area contributed by atoms with Gasteiger partial charge >= 0.3 is 0 Å². The molecule has 2 unspecified atom stereocenters. The SMILES string of the molecule is C1=CC2c3ccccc3-c3cc(-c4ccc5cc(-c6ccc(N(c7ccccc7)c7ccccc7)cc6)ccc5c4)c4ccc5ccccc5c4c3C2C=C1. The van der Waals surface area contributed by atoms with Gasteiger partial charge in [0.05, 0.1) is 0 Å². The topological polar surface area (TPSA) is 3.24 Å². The second-order valence-corrected chi connectivity index (χ2v) is 14.8. The zero-order valence-electron chi connectivity index (χ0n) is 30.3. The fourth-order valence-corrected chi connectivity index (χ4v) is 9.24. The largest absolute Gasteiger partial charge is 0.311 e. The Morgan fingerprint density at radius 1 is 0.345 bits per heavy atom. The highest BCUT2D eigenvalue weighted by molar-refractivity contribution is 6.17. The Labute approximate surface area is 321 Å². The molecule has 0 aliphatic heterocycles. The van der Waals surface area contributed by atoms with Crippen LogP contribution in [-0.4, -0.2) is 0 Å². The average molecular weight is 700 g/mol. The maximum atomic E-state index is 2.49. The number of nitrogens with zero attached hydrogens (tertiary/aromatic N) is 1. The third kappa shape index (κ3) is 5.23. The lowest BCUT2D eigenvalue weighted by Gasteiger charge is -2.35. The Balaban J connectivity index is 1.02. The van der Waals surface area contributed by atoms with Gasteiger partial charge in [-0.1, -0.05) is 158 Å². The first-order chi connectivity index (χ1) is 27.3. The van der Waals surface area contributed by atoms with Gasteiger partial charge in [0.2, 0.25) is 0 Å². The molecule has 2 aliphatic rings. The molecule has 55 heavy (non-hydrogen) atoms. The molecule has 0 radical (unpaired) electrons. The summed E-state index contributed by atoms with van der Waals surface area (Å²) < 4.78 is 0. The summed E-state index contributed by atoms with van der Waals surface area (Å²) in [6.45, 7) is 0. The van der Waals surface area contributed by atoms with Crippen molar-refractivity contribution in [2.75, 3.05) is 4.90 Å². The number of allylic oxidation sites excluding steroid dienone is 4. The van der Waals surface area contributed by atoms with Crippen molar-refractivity contribution in [2.45, 2.75) is 11.8 Å². The molecular formula is C54H37N. The summed E-state index contributed by atoms with van der Waals surface area (Å²) >= 11 is 0. The number of rotatable bonds is 5. The smallest absolute Gasteiger partial charge is 0.0462 e. The van der Waals surface area contributed by atoms with Gasteiger partial charge in [-0.2, -0.15) is 0 Å². The van der Waals surface area contributed by atoms with E-state index >= 15 is 0 Å². The van der Waals surface area contributed by atoms with Crippen molar-refractivity contribution in [3.8, 4) is 33.4 Å². The van der Waals surface area contributed by atoms with Crippen LogP contribution in [0.4, 0.5) is 17.1 Å². The lowest BCUT2D eigenvalue weighted by atomic mass is 9.67. The van der Waals surface area contributed by atoms with Gasteiger partial charge in [-0.15, -0.1) is 0 Å². The number of fused-ring (bicyclic) bond motifs is 11. The van der Waals surface area contributed by atoms with Gasteiger partial charge in [-0.3, -0.25) is 0 Å². The highest BCUT2D eigenvalue weighted by atomic mass is 15.1. The maximum absolute atomic E-state index is 2.49. The summed E-state index contributed by atoms with van der Waals surface area (Å²) in [5.41, 5.74) is 13.9. The third-order valence-electron chi connectivity index (χ3n) is 11.8. The number of para-hydroxylation sites is 2. The molecule has 9 aromatic rings. The van der Waals surface area contributed by atoms with Crippen LogP contribution in [0.1, 0.15) is 23.0 Å². The minimum Gasteiger partial charge on any atom is -0.311 e. The fourth-order valence-electron chi connectivity index (χ4n) is 9.24. The van der Waals surface area contributed by atoms with Gasteiger partial charge in [0.1, 0.15) is 0 Å². The standard InChI is InChI=1S/C54H37N/c1-3-14-42(15-4-1)55(43-16-5-2-6-17-43)44-30-27-36(28-31-44)38-23-24-40-34-41(26-25-39(40)33-38)51-35-52-48-21-10-9-19-46(48)47-20-11-12-22-49(47)54(52)53-45-18-8-7-13-37(45)29-32-50(51)53/h1-35,47,49H. The van der Waals surface area contributed by atoms with Crippen LogP contribution in [0, 0.1) is 0 Å². The van der Waals surface area contributed by atoms with Crippen LogP contribution in [0.25, 0.3) is 65.7 Å². The Kier molecular flexibility index (Phi) is 7.38. The number of hydrogen-bond acceptors (Lipinski definition) is 1. The van der Waals surface area contributed by atoms with Crippen molar-refractivity contribution in [1.29, 1.82) is 0 Å². The number of hydrogen-bond donors (Lipinski definition) is 0. The van der Waals surface area contributed by atoms with Crippen LogP contribution in [0.15, 0.2) is 212 Å². The van der Waals surface area contributed by atoms with E-state index in [0.29, 0.717) is 11.8 Å². The third-order valence-corrected chi connectivity index (χ3v) is 11.8. The van der Waals surface area contributed by atoms with E-state index in [1.54, 1.807) is 0 Å². The Bertz CT molecular complexity index is 2930. The second kappa shape index (κ2) is 12.9. The van der Waals surface area contributed by atoms with Crippen LogP contribution in [0.2, 0.25) is 0 Å². The molecule has 0 saturated carbocycles. The Hall–Kier alpha value is -6.96. The van der Waals surface area contributed by atoms with E-state index in [4.69, 9.17) is 0 Å². The fraction of sp³-hybridized carbons (Fsp3) is 0.0370. The molecule has 0 amide bonds. The van der Waals surface area contributed by atoms with Crippen LogP contribution in [0.5, 0.6) is 0 Å². The van der Waals surface area contributed by atoms with Crippen molar-refractivity contribution in [1.82, 2.24) is 0 Å². The van der Waals surface area contributed by atoms with Crippen molar-refractivity contribution < 1.29 is 0 Å². The molecule has 9 aromatic carbocycles. The molecule has 0 spiro atoms. The predicted molar refractivity (Wildman–Crippen MR) is 234 cm³/mol. The zero-order chi connectivity index (χ0) is 36.3. The molecule has 0 aromatic heterocycles. The first-order valence-corrected chi connectivity index (χ1v) is 19.3. The summed E-state index contributed by atoms with van der Waals surface area (Å²) in [5, 5.41) is 7.78. The maximum Gasteiger partial charge on any atom is 0.0462 e. The molecule has 1 nitrogen and oxygen atoms in total. The molecular weight excluding hydrogens is 663 g/mol. The molecule has 0 N–H and O–H groups in total. The molecule has 258 valence electrons. The minimum absolute atomic E-state index is 0.293. The van der Waals surface area contributed by atoms with Crippen molar-refractivity contribution >= 4 is 49.4 Å². The van der Waals surface area contributed by atoms with E-state index in [9.17, 15) is 0 Å². The molecule has 11 rings (SSSR count). The van der Waals surface area contributed by atoms with E-state index in [0.717, 1.165) is 17.1 Å². The summed E-state index contributed by atoms with van der Waals surface area (Å²) in [4.78, 5) is 2.30. The normalized spacial score (nSPS) is 15.5. The molecule has 2 aliphatic carbocycles. The highest BCUT2D eigenvalue weighted by Gasteiger charge is 2.34. The van der Waals surface area contributed by atoms with Crippen LogP contribution >= 0.6 is 0 Å². The average Bonchev–Trinajstić information content (AvgIpc) is 3.26. The Morgan fingerprint density at radius 3 is 1.69 bits per heavy atom. The predicted octanol–water partition coefficient (Wildman–Crippen LogP) is 14.9. The molecule has 0 heterocycles. The molecule has 1 heteroatoms. The molecule has 0 bridgehead atoms. The van der Waals surface area contributed by atoms with Gasteiger partial charge in [0.25, 0.3) is 0 Å². The van der Waals surface area contributed by atoms with Gasteiger partial charge in [0, 0.05) is 28.9 Å². The molecule has 0 fully saturated rings. The van der Waals surface area contributed by atoms with E-state index in [-0.39, 0.29) is 0 Å². The van der Waals surface area contributed by atoms with Gasteiger partial charge < -0.3 is 4.90 Å². The van der Waals surface area contributed by atoms with Crippen molar-refractivity contribution in [3.05, 3.63) is 223 Å². The summed E-state index contributed by atoms with van der Waals surface area (Å²) in [6, 6.07) is 69.1. The Morgan fingerprint density at radius 2 is 0.927 bits per heavy atom. The van der Waals surface area contributed by atoms with Crippen LogP contribution in [-0.2, 0) is 0 Å². The van der Waals surface area contributed by atoms with Gasteiger partial charge in [0.15, 0.2) is 0 Å². The lowest BCUT2D eigenvalue weighted by Crippen LogP contribution is -2.17. The zero-order valence-corrected chi connectivity index (χ0v) is 30.3. The van der Waals surface area contributed by atoms with Gasteiger partial charge in [-0.25, -0.2) is 0 Å². The van der Waals surface area contributed by atoms with E-state index < -0.39 is 0 Å². The van der Waals surface area contributed by atoms with E-state index in [2.05, 4.69) is 217 Å². The number of anilines is 3. The minimum atomic E-state index is 0.293. The summed E-state index contributed by atoms with van der Waals surface area (Å²) in [7, 11) is 0. The van der Waals surface area contributed by atoms with E-state index in [1.165, 1.54) is 76.8 Å². The van der Waals surface area contributed by atoms with Gasteiger partial charge in [-0.05, 0) is 131 Å². The summed E-state index contributed by atoms with van der Waals surface area (Å²) in [6.07, 6.45) is 9.27. The molecule has 2 atom stereocenters. The molecule has 0 saturated heterocycles. The van der Waals surface area contributed by atoms with Crippen molar-refractivity contribution in [3.63, 3.8) is 0 Å². The van der Waals surface area contributed by atoms with Crippen molar-refractivity contribution in [2.24, 2.45) is 0 Å². The highest BCUT2D eigenvalue weighted by Crippen LogP contribution is 2.54. The quantitative estimate of drug-likeness (QED) is 0.162. The van der Waals surface area contributed by atoms with E-state index in [1.807, 2.05) is 0 Å². The van der Waals surface area contributed by atoms with Crippen LogP contribution < -0.4 is 4.90 Å². The lowest BCUT2D eigenvalue weighted by molar-refractivity contribution is 0.726.